The number of hydrogen-bond acceptors (Lipinski definition) is 15. The Bertz CT molecular complexity index is 1810. The van der Waals surface area contributed by atoms with Crippen molar-refractivity contribution in [3.05, 3.63) is 0 Å². The molecule has 3 N–H and O–H groups in total. The minimum Gasteiger partial charge on any atom is -0.462 e. The molecule has 558 valence electrons. The Labute approximate surface area is 575 Å². The van der Waals surface area contributed by atoms with Gasteiger partial charge in [-0.1, -0.05) is 343 Å². The van der Waals surface area contributed by atoms with Gasteiger partial charge in [0.05, 0.1) is 26.4 Å². The van der Waals surface area contributed by atoms with Gasteiger partial charge in [0, 0.05) is 25.7 Å². The van der Waals surface area contributed by atoms with Gasteiger partial charge in [-0.25, -0.2) is 9.13 Å². The molecule has 0 saturated heterocycles. The van der Waals surface area contributed by atoms with Crippen LogP contribution in [0.1, 0.15) is 394 Å². The average molecular weight is 1380 g/mol. The van der Waals surface area contributed by atoms with Crippen molar-refractivity contribution >= 4 is 39.5 Å². The number of ether oxygens (including phenoxy) is 4. The lowest BCUT2D eigenvalue weighted by molar-refractivity contribution is -0.161. The zero-order valence-electron chi connectivity index (χ0n) is 61.1. The molecule has 0 saturated carbocycles. The molecule has 2 unspecified atom stereocenters. The first-order valence-corrected chi connectivity index (χ1v) is 42.1. The first-order valence-electron chi connectivity index (χ1n) is 39.1. The molecule has 0 aliphatic heterocycles. The van der Waals surface area contributed by atoms with Gasteiger partial charge in [-0.3, -0.25) is 37.3 Å². The van der Waals surface area contributed by atoms with Crippen LogP contribution in [0.2, 0.25) is 0 Å². The number of carbonyl (C=O) groups excluding carboxylic acids is 4. The van der Waals surface area contributed by atoms with Crippen molar-refractivity contribution in [3.63, 3.8) is 0 Å². The summed E-state index contributed by atoms with van der Waals surface area (Å²) in [5.41, 5.74) is 0. The van der Waals surface area contributed by atoms with Gasteiger partial charge in [0.2, 0.25) is 0 Å². The molecule has 0 fully saturated rings. The van der Waals surface area contributed by atoms with Crippen LogP contribution in [0.4, 0.5) is 0 Å². The second-order valence-corrected chi connectivity index (χ2v) is 30.4. The van der Waals surface area contributed by atoms with Gasteiger partial charge in [-0.2, -0.15) is 0 Å². The van der Waals surface area contributed by atoms with Crippen molar-refractivity contribution in [3.8, 4) is 0 Å². The highest BCUT2D eigenvalue weighted by Crippen LogP contribution is 2.45. The van der Waals surface area contributed by atoms with Crippen LogP contribution in [0.15, 0.2) is 0 Å². The molecule has 0 aliphatic carbocycles. The Balaban J connectivity index is 5.20. The first kappa shape index (κ1) is 92.1. The van der Waals surface area contributed by atoms with Gasteiger partial charge < -0.3 is 33.8 Å². The fraction of sp³-hybridized carbons (Fsp3) is 0.947. The summed E-state index contributed by atoms with van der Waals surface area (Å²) in [6, 6.07) is 0. The third-order valence-corrected chi connectivity index (χ3v) is 19.4. The standard InChI is InChI=1S/C75H146O17P2/c1-6-9-12-15-18-21-24-26-28-30-32-34-36-38-41-44-51-56-61-75(80)91-70(64-85-72(77)58-53-48-42-40-37-35-33-31-29-27-25-22-19-16-13-10-7-2)66-89-93(81,82)87-62-69(76)63-88-94(83,84)90-67-71(65-86-73(78)59-54-49-46-45-47-52-57-68(4)5)92-74(79)60-55-50-43-39-23-20-17-14-11-8-3/h68-71,76H,6-67H2,1-5H3,(H,81,82)(H,83,84)/t69-,70-,71-/m1/s1. The van der Waals surface area contributed by atoms with Crippen LogP contribution in [0.5, 0.6) is 0 Å². The predicted molar refractivity (Wildman–Crippen MR) is 382 cm³/mol. The summed E-state index contributed by atoms with van der Waals surface area (Å²) in [4.78, 5) is 72.7. The van der Waals surface area contributed by atoms with Crippen molar-refractivity contribution in [2.75, 3.05) is 39.6 Å². The van der Waals surface area contributed by atoms with Crippen molar-refractivity contribution in [2.24, 2.45) is 5.92 Å². The fourth-order valence-electron chi connectivity index (χ4n) is 11.5. The van der Waals surface area contributed by atoms with E-state index in [0.717, 1.165) is 96.3 Å². The van der Waals surface area contributed by atoms with Gasteiger partial charge in [-0.15, -0.1) is 0 Å². The molecule has 17 nitrogen and oxygen atoms in total. The normalized spacial score (nSPS) is 14.0. The van der Waals surface area contributed by atoms with E-state index in [0.29, 0.717) is 31.6 Å². The third-order valence-electron chi connectivity index (χ3n) is 17.5. The van der Waals surface area contributed by atoms with E-state index in [2.05, 4.69) is 34.6 Å². The van der Waals surface area contributed by atoms with Crippen LogP contribution < -0.4 is 0 Å². The molecule has 0 bridgehead atoms. The van der Waals surface area contributed by atoms with Crippen molar-refractivity contribution in [1.29, 1.82) is 0 Å². The van der Waals surface area contributed by atoms with E-state index in [1.165, 1.54) is 212 Å². The molecule has 0 aromatic rings. The van der Waals surface area contributed by atoms with E-state index >= 15 is 0 Å². The van der Waals surface area contributed by atoms with E-state index < -0.39 is 97.5 Å². The van der Waals surface area contributed by atoms with E-state index in [1.807, 2.05) is 0 Å². The number of unbranched alkanes of at least 4 members (excludes halogenated alkanes) is 47. The summed E-state index contributed by atoms with van der Waals surface area (Å²) in [6.07, 6.45) is 57.1. The Morgan fingerprint density at radius 1 is 0.287 bits per heavy atom. The minimum absolute atomic E-state index is 0.106. The lowest BCUT2D eigenvalue weighted by Crippen LogP contribution is -2.30. The predicted octanol–water partition coefficient (Wildman–Crippen LogP) is 22.1. The van der Waals surface area contributed by atoms with Crippen LogP contribution in [0.25, 0.3) is 0 Å². The molecule has 0 aliphatic rings. The molecule has 0 amide bonds. The Morgan fingerprint density at radius 3 is 0.723 bits per heavy atom. The highest BCUT2D eigenvalue weighted by molar-refractivity contribution is 7.47. The zero-order chi connectivity index (χ0) is 69.1. The Hall–Kier alpha value is -1.94. The molecular formula is C75H146O17P2. The minimum atomic E-state index is -4.96. The summed E-state index contributed by atoms with van der Waals surface area (Å²) in [5, 5.41) is 10.6. The molecule has 0 aromatic heterocycles. The summed E-state index contributed by atoms with van der Waals surface area (Å²) in [7, 11) is -9.90. The second-order valence-electron chi connectivity index (χ2n) is 27.5. The lowest BCUT2D eigenvalue weighted by Gasteiger charge is -2.21. The first-order chi connectivity index (χ1) is 45.5. The quantitative estimate of drug-likeness (QED) is 0.0222. The smallest absolute Gasteiger partial charge is 0.462 e. The largest absolute Gasteiger partial charge is 0.472 e. The molecule has 0 spiro atoms. The van der Waals surface area contributed by atoms with E-state index in [1.54, 1.807) is 0 Å². The zero-order valence-corrected chi connectivity index (χ0v) is 62.9. The van der Waals surface area contributed by atoms with Gasteiger partial charge in [0.25, 0.3) is 0 Å². The third kappa shape index (κ3) is 68.6. The Morgan fingerprint density at radius 2 is 0.489 bits per heavy atom. The molecule has 19 heteroatoms. The van der Waals surface area contributed by atoms with Gasteiger partial charge in [-0.05, 0) is 31.6 Å². The van der Waals surface area contributed by atoms with Crippen LogP contribution in [-0.2, 0) is 65.4 Å². The monoisotopic (exact) mass is 1380 g/mol. The Kier molecular flexibility index (Phi) is 66.8. The van der Waals surface area contributed by atoms with E-state index in [9.17, 15) is 43.2 Å². The SMILES string of the molecule is CCCCCCCCCCCCCCCCCCCCC(=O)O[C@H](COC(=O)CCCCCCCCCCCCCCCCCCC)COP(=O)(O)OC[C@@H](O)COP(=O)(O)OC[C@@H](COC(=O)CCCCCCCCC(C)C)OC(=O)CCCCCCCCCCCC. The summed E-state index contributed by atoms with van der Waals surface area (Å²) in [6.45, 7) is 7.19. The molecule has 94 heavy (non-hydrogen) atoms. The second kappa shape index (κ2) is 68.2. The van der Waals surface area contributed by atoms with Crippen LogP contribution in [-0.4, -0.2) is 96.7 Å². The van der Waals surface area contributed by atoms with Gasteiger partial charge in [0.15, 0.2) is 12.2 Å². The van der Waals surface area contributed by atoms with E-state index in [-0.39, 0.29) is 25.7 Å². The number of aliphatic hydroxyl groups excluding tert-OH is 1. The number of phosphoric acid groups is 2. The maximum atomic E-state index is 13.1. The summed E-state index contributed by atoms with van der Waals surface area (Å²) >= 11 is 0. The van der Waals surface area contributed by atoms with Crippen molar-refractivity contribution < 1.29 is 80.2 Å². The van der Waals surface area contributed by atoms with Crippen LogP contribution in [0, 0.1) is 5.92 Å². The van der Waals surface area contributed by atoms with Crippen molar-refractivity contribution in [2.45, 2.75) is 412 Å². The summed E-state index contributed by atoms with van der Waals surface area (Å²) < 4.78 is 68.4. The number of carbonyl (C=O) groups is 4. The maximum Gasteiger partial charge on any atom is 0.472 e. The maximum absolute atomic E-state index is 13.1. The molecular weight excluding hydrogens is 1230 g/mol. The highest BCUT2D eigenvalue weighted by atomic mass is 31.2. The van der Waals surface area contributed by atoms with Gasteiger partial charge >= 0.3 is 39.5 Å². The van der Waals surface area contributed by atoms with Crippen LogP contribution >= 0.6 is 15.6 Å². The molecule has 0 heterocycles. The molecule has 0 radical (unpaired) electrons. The topological polar surface area (TPSA) is 237 Å². The van der Waals surface area contributed by atoms with E-state index in [4.69, 9.17) is 37.0 Å². The average Bonchev–Trinajstić information content (AvgIpc) is 1.22. The molecule has 5 atom stereocenters. The number of rotatable bonds is 75. The molecule has 0 rings (SSSR count). The number of esters is 4. The highest BCUT2D eigenvalue weighted by Gasteiger charge is 2.30. The number of phosphoric ester groups is 2. The van der Waals surface area contributed by atoms with Crippen LogP contribution in [0.3, 0.4) is 0 Å². The summed E-state index contributed by atoms with van der Waals surface area (Å²) in [5.74, 6) is -1.44. The fourth-order valence-corrected chi connectivity index (χ4v) is 13.1. The number of hydrogen-bond donors (Lipinski definition) is 3. The lowest BCUT2D eigenvalue weighted by atomic mass is 10.0. The number of aliphatic hydroxyl groups is 1. The van der Waals surface area contributed by atoms with Crippen molar-refractivity contribution in [1.82, 2.24) is 0 Å². The molecule has 0 aromatic carbocycles. The van der Waals surface area contributed by atoms with Gasteiger partial charge in [0.1, 0.15) is 19.3 Å².